The molecule has 0 saturated carbocycles. The van der Waals surface area contributed by atoms with Crippen LogP contribution >= 0.6 is 0 Å². The SMILES string of the molecule is CCOC(=O)c1c[nH]nc1N/C=C1\C(=O)Nc2ccccc21. The lowest BCUT2D eigenvalue weighted by Gasteiger charge is -2.03. The Kier molecular flexibility index (Phi) is 3.61. The maximum absolute atomic E-state index is 12.0. The molecule has 2 aromatic rings. The fourth-order valence-corrected chi connectivity index (χ4v) is 2.19. The molecule has 0 spiro atoms. The first-order valence-electron chi connectivity index (χ1n) is 6.79. The van der Waals surface area contributed by atoms with E-state index in [1.807, 2.05) is 24.3 Å². The Balaban J connectivity index is 1.85. The van der Waals surface area contributed by atoms with Crippen LogP contribution in [0.3, 0.4) is 0 Å². The van der Waals surface area contributed by atoms with Gasteiger partial charge in [0.05, 0.1) is 12.2 Å². The van der Waals surface area contributed by atoms with Crippen LogP contribution in [0.4, 0.5) is 11.5 Å². The summed E-state index contributed by atoms with van der Waals surface area (Å²) in [5.74, 6) is -0.376. The number of hydrogen-bond acceptors (Lipinski definition) is 5. The first kappa shape index (κ1) is 13.9. The molecule has 0 radical (unpaired) electrons. The number of para-hydroxylation sites is 1. The van der Waals surface area contributed by atoms with Crippen LogP contribution in [0.25, 0.3) is 5.57 Å². The van der Waals surface area contributed by atoms with E-state index in [2.05, 4.69) is 20.8 Å². The predicted octanol–water partition coefficient (Wildman–Crippen LogP) is 1.99. The van der Waals surface area contributed by atoms with E-state index in [4.69, 9.17) is 4.74 Å². The summed E-state index contributed by atoms with van der Waals surface area (Å²) in [7, 11) is 0. The molecule has 0 fully saturated rings. The highest BCUT2D eigenvalue weighted by atomic mass is 16.5. The summed E-state index contributed by atoms with van der Waals surface area (Å²) >= 11 is 0. The van der Waals surface area contributed by atoms with Crippen molar-refractivity contribution in [2.24, 2.45) is 0 Å². The standard InChI is InChI=1S/C15H14N4O3/c1-2-22-15(21)11-8-17-19-13(11)16-7-10-9-5-3-4-6-12(9)18-14(10)20/h3-8H,2H2,1H3,(H,18,20)(H2,16,17,19)/b10-7-. The summed E-state index contributed by atoms with van der Waals surface area (Å²) in [5, 5.41) is 12.2. The Morgan fingerprint density at radius 1 is 1.41 bits per heavy atom. The second-order valence-electron chi connectivity index (χ2n) is 4.57. The fraction of sp³-hybridized carbons (Fsp3) is 0.133. The molecule has 1 aliphatic rings. The number of amides is 1. The molecule has 7 heteroatoms. The monoisotopic (exact) mass is 298 g/mol. The van der Waals surface area contributed by atoms with Crippen LogP contribution in [0.2, 0.25) is 0 Å². The maximum Gasteiger partial charge on any atom is 0.343 e. The van der Waals surface area contributed by atoms with Crippen LogP contribution in [0, 0.1) is 0 Å². The van der Waals surface area contributed by atoms with Crippen LogP contribution in [0.15, 0.2) is 36.7 Å². The highest BCUT2D eigenvalue weighted by Gasteiger charge is 2.23. The average Bonchev–Trinajstić information content (AvgIpc) is 3.09. The molecule has 0 unspecified atom stereocenters. The zero-order valence-corrected chi connectivity index (χ0v) is 11.8. The van der Waals surface area contributed by atoms with Gasteiger partial charge in [-0.25, -0.2) is 4.79 Å². The van der Waals surface area contributed by atoms with E-state index >= 15 is 0 Å². The minimum absolute atomic E-state index is 0.207. The predicted molar refractivity (Wildman–Crippen MR) is 81.2 cm³/mol. The Hall–Kier alpha value is -3.09. The van der Waals surface area contributed by atoms with Gasteiger partial charge in [-0.3, -0.25) is 9.89 Å². The number of rotatable bonds is 4. The minimum atomic E-state index is -0.478. The number of hydrogen-bond donors (Lipinski definition) is 3. The second kappa shape index (κ2) is 5.72. The van der Waals surface area contributed by atoms with Crippen molar-refractivity contribution in [1.82, 2.24) is 10.2 Å². The van der Waals surface area contributed by atoms with Gasteiger partial charge >= 0.3 is 5.97 Å². The Labute approximate surface area is 126 Å². The Morgan fingerprint density at radius 3 is 3.05 bits per heavy atom. The third-order valence-electron chi connectivity index (χ3n) is 3.20. The lowest BCUT2D eigenvalue weighted by molar-refractivity contribution is -0.110. The van der Waals surface area contributed by atoms with Crippen molar-refractivity contribution in [1.29, 1.82) is 0 Å². The van der Waals surface area contributed by atoms with Crippen molar-refractivity contribution < 1.29 is 14.3 Å². The molecule has 1 amide bonds. The van der Waals surface area contributed by atoms with Gasteiger partial charge in [0.25, 0.3) is 5.91 Å². The van der Waals surface area contributed by atoms with Crippen molar-refractivity contribution in [3.05, 3.63) is 47.8 Å². The highest BCUT2D eigenvalue weighted by Crippen LogP contribution is 2.31. The van der Waals surface area contributed by atoms with Gasteiger partial charge in [-0.1, -0.05) is 18.2 Å². The van der Waals surface area contributed by atoms with E-state index in [-0.39, 0.29) is 18.1 Å². The number of aromatic amines is 1. The van der Waals surface area contributed by atoms with E-state index in [9.17, 15) is 9.59 Å². The largest absolute Gasteiger partial charge is 0.462 e. The summed E-state index contributed by atoms with van der Waals surface area (Å²) in [5.41, 5.74) is 2.32. The zero-order chi connectivity index (χ0) is 15.5. The maximum atomic E-state index is 12.0. The number of nitrogens with one attached hydrogen (secondary N) is 3. The Bertz CT molecular complexity index is 764. The molecule has 1 aromatic carbocycles. The van der Waals surface area contributed by atoms with Crippen LogP contribution < -0.4 is 10.6 Å². The molecule has 2 heterocycles. The third-order valence-corrected chi connectivity index (χ3v) is 3.20. The van der Waals surface area contributed by atoms with Crippen LogP contribution in [0.1, 0.15) is 22.8 Å². The topological polar surface area (TPSA) is 96.1 Å². The fourth-order valence-electron chi connectivity index (χ4n) is 2.19. The van der Waals surface area contributed by atoms with Crippen LogP contribution in [0.5, 0.6) is 0 Å². The smallest absolute Gasteiger partial charge is 0.343 e. The molecule has 1 aliphatic heterocycles. The molecule has 7 nitrogen and oxygen atoms in total. The molecule has 0 saturated heterocycles. The third kappa shape index (κ3) is 2.44. The molecule has 0 bridgehead atoms. The van der Waals surface area contributed by atoms with Gasteiger partial charge in [-0.05, 0) is 13.0 Å². The first-order valence-corrected chi connectivity index (χ1v) is 6.79. The van der Waals surface area contributed by atoms with E-state index < -0.39 is 5.97 Å². The van der Waals surface area contributed by atoms with E-state index in [0.29, 0.717) is 11.4 Å². The number of anilines is 2. The minimum Gasteiger partial charge on any atom is -0.462 e. The van der Waals surface area contributed by atoms with Gasteiger partial charge in [-0.15, -0.1) is 0 Å². The lowest BCUT2D eigenvalue weighted by atomic mass is 10.1. The summed E-state index contributed by atoms with van der Waals surface area (Å²) < 4.78 is 4.94. The van der Waals surface area contributed by atoms with Gasteiger partial charge < -0.3 is 15.4 Å². The molecule has 22 heavy (non-hydrogen) atoms. The van der Waals surface area contributed by atoms with Crippen molar-refractivity contribution in [2.45, 2.75) is 6.92 Å². The summed E-state index contributed by atoms with van der Waals surface area (Å²) in [6, 6.07) is 7.37. The number of nitrogens with zero attached hydrogens (tertiary/aromatic N) is 1. The zero-order valence-electron chi connectivity index (χ0n) is 11.8. The number of H-pyrrole nitrogens is 1. The number of benzene rings is 1. The normalized spacial score (nSPS) is 14.6. The first-order chi connectivity index (χ1) is 10.7. The van der Waals surface area contributed by atoms with Crippen molar-refractivity contribution in [3.8, 4) is 0 Å². The average molecular weight is 298 g/mol. The van der Waals surface area contributed by atoms with Crippen LogP contribution in [-0.4, -0.2) is 28.7 Å². The molecule has 0 atom stereocenters. The highest BCUT2D eigenvalue weighted by molar-refractivity contribution is 6.31. The van der Waals surface area contributed by atoms with E-state index in [1.54, 1.807) is 6.92 Å². The number of aromatic nitrogens is 2. The van der Waals surface area contributed by atoms with Gasteiger partial charge in [0.15, 0.2) is 5.82 Å². The van der Waals surface area contributed by atoms with Gasteiger partial charge in [0.2, 0.25) is 0 Å². The van der Waals surface area contributed by atoms with Gasteiger partial charge in [-0.2, -0.15) is 5.10 Å². The quantitative estimate of drug-likeness (QED) is 0.592. The number of ether oxygens (including phenoxy) is 1. The summed E-state index contributed by atoms with van der Waals surface area (Å²) in [6.07, 6.45) is 2.97. The van der Waals surface area contributed by atoms with Crippen LogP contribution in [-0.2, 0) is 9.53 Å². The molecule has 1 aromatic heterocycles. The molecule has 112 valence electrons. The van der Waals surface area contributed by atoms with E-state index in [1.165, 1.54) is 12.4 Å². The number of esters is 1. The Morgan fingerprint density at radius 2 is 2.23 bits per heavy atom. The van der Waals surface area contributed by atoms with Gasteiger partial charge in [0, 0.05) is 23.6 Å². The molecule has 3 N–H and O–H groups in total. The van der Waals surface area contributed by atoms with Gasteiger partial charge in [0.1, 0.15) is 5.56 Å². The molecule has 0 aliphatic carbocycles. The number of carbonyl (C=O) groups excluding carboxylic acids is 2. The molecular weight excluding hydrogens is 284 g/mol. The summed E-state index contributed by atoms with van der Waals surface area (Å²) in [4.78, 5) is 23.7. The van der Waals surface area contributed by atoms with E-state index in [0.717, 1.165) is 11.3 Å². The second-order valence-corrected chi connectivity index (χ2v) is 4.57. The summed E-state index contributed by atoms with van der Waals surface area (Å²) in [6.45, 7) is 2.01. The number of fused-ring (bicyclic) bond motifs is 1. The molecular formula is C15H14N4O3. The van der Waals surface area contributed by atoms with Crippen molar-refractivity contribution in [3.63, 3.8) is 0 Å². The number of carbonyl (C=O) groups is 2. The molecule has 3 rings (SSSR count). The lowest BCUT2D eigenvalue weighted by Crippen LogP contribution is -2.08. The van der Waals surface area contributed by atoms with Crippen molar-refractivity contribution in [2.75, 3.05) is 17.2 Å². The van der Waals surface area contributed by atoms with Crippen molar-refractivity contribution >= 4 is 29.0 Å².